The average Bonchev–Trinajstić information content (AvgIpc) is 2.88. The number of aliphatic hydroxyl groups excluding tert-OH is 1. The Morgan fingerprint density at radius 3 is 3.10 bits per heavy atom. The number of hydrogen-bond donors (Lipinski definition) is 2. The molecule has 0 bridgehead atoms. The van der Waals surface area contributed by atoms with Crippen molar-refractivity contribution in [3.05, 3.63) is 24.2 Å². The molecule has 1 aliphatic rings. The highest BCUT2D eigenvalue weighted by Gasteiger charge is 2.28. The molecular weight excluding hydrogens is 258 g/mol. The van der Waals surface area contributed by atoms with Crippen molar-refractivity contribution in [1.82, 2.24) is 5.32 Å². The van der Waals surface area contributed by atoms with Gasteiger partial charge in [-0.15, -0.1) is 0 Å². The molecule has 20 heavy (non-hydrogen) atoms. The van der Waals surface area contributed by atoms with Gasteiger partial charge in [0, 0.05) is 19.2 Å². The van der Waals surface area contributed by atoms with E-state index in [4.69, 9.17) is 13.9 Å². The molecule has 2 atom stereocenters. The summed E-state index contributed by atoms with van der Waals surface area (Å²) < 4.78 is 16.2. The molecule has 2 unspecified atom stereocenters. The van der Waals surface area contributed by atoms with Crippen molar-refractivity contribution in [2.24, 2.45) is 0 Å². The minimum absolute atomic E-state index is 0.0728. The summed E-state index contributed by atoms with van der Waals surface area (Å²) in [4.78, 5) is 0. The largest absolute Gasteiger partial charge is 0.467 e. The summed E-state index contributed by atoms with van der Waals surface area (Å²) in [5.41, 5.74) is -0.0728. The summed E-state index contributed by atoms with van der Waals surface area (Å²) in [6.45, 7) is 6.22. The maximum Gasteiger partial charge on any atom is 0.129 e. The van der Waals surface area contributed by atoms with E-state index in [1.807, 2.05) is 12.1 Å². The molecule has 5 heteroatoms. The summed E-state index contributed by atoms with van der Waals surface area (Å²) in [6, 6.07) is 4.08. The Morgan fingerprint density at radius 2 is 2.40 bits per heavy atom. The van der Waals surface area contributed by atoms with Gasteiger partial charge in [-0.25, -0.2) is 0 Å². The lowest BCUT2D eigenvalue weighted by atomic mass is 9.94. The van der Waals surface area contributed by atoms with Gasteiger partial charge >= 0.3 is 0 Å². The molecular formula is C15H25NO4. The van der Waals surface area contributed by atoms with Crippen molar-refractivity contribution in [3.63, 3.8) is 0 Å². The normalized spacial score (nSPS) is 23.6. The highest BCUT2D eigenvalue weighted by Crippen LogP contribution is 2.23. The average molecular weight is 283 g/mol. The fourth-order valence-electron chi connectivity index (χ4n) is 2.46. The van der Waals surface area contributed by atoms with Gasteiger partial charge in [0.25, 0.3) is 0 Å². The summed E-state index contributed by atoms with van der Waals surface area (Å²) in [7, 11) is 0. The van der Waals surface area contributed by atoms with Crippen molar-refractivity contribution in [3.8, 4) is 0 Å². The molecule has 2 rings (SSSR count). The topological polar surface area (TPSA) is 63.9 Å². The Balaban J connectivity index is 1.59. The van der Waals surface area contributed by atoms with Gasteiger partial charge in [0.1, 0.15) is 12.4 Å². The Kier molecular flexibility index (Phi) is 5.60. The molecule has 5 nitrogen and oxygen atoms in total. The van der Waals surface area contributed by atoms with Crippen LogP contribution in [0.5, 0.6) is 0 Å². The van der Waals surface area contributed by atoms with Crippen LogP contribution in [0.2, 0.25) is 0 Å². The maximum atomic E-state index is 9.89. The van der Waals surface area contributed by atoms with Gasteiger partial charge in [0.2, 0.25) is 0 Å². The van der Waals surface area contributed by atoms with Crippen LogP contribution in [0.1, 0.15) is 32.4 Å². The molecule has 0 amide bonds. The van der Waals surface area contributed by atoms with Crippen molar-refractivity contribution in [2.45, 2.75) is 51.0 Å². The van der Waals surface area contributed by atoms with Crippen molar-refractivity contribution >= 4 is 0 Å². The molecule has 1 aliphatic heterocycles. The summed E-state index contributed by atoms with van der Waals surface area (Å²) in [5.74, 6) is 0.774. The number of aliphatic hydroxyl groups is 1. The third-order valence-corrected chi connectivity index (χ3v) is 3.47. The monoisotopic (exact) mass is 283 g/mol. The van der Waals surface area contributed by atoms with E-state index >= 15 is 0 Å². The van der Waals surface area contributed by atoms with Crippen LogP contribution in [0.3, 0.4) is 0 Å². The van der Waals surface area contributed by atoms with E-state index in [1.54, 1.807) is 6.26 Å². The van der Waals surface area contributed by atoms with Gasteiger partial charge in [-0.1, -0.05) is 0 Å². The standard InChI is InChI=1S/C15H25NO4/c1-15(2)8-12(5-7-20-15)16-9-13(17)10-18-11-14-4-3-6-19-14/h3-4,6,12-13,16-17H,5,7-11H2,1-2H3. The van der Waals surface area contributed by atoms with Crippen LogP contribution in [0, 0.1) is 0 Å². The zero-order chi connectivity index (χ0) is 14.4. The summed E-state index contributed by atoms with van der Waals surface area (Å²) in [6.07, 6.45) is 3.07. The van der Waals surface area contributed by atoms with Gasteiger partial charge in [-0.2, -0.15) is 0 Å². The quantitative estimate of drug-likeness (QED) is 0.797. The van der Waals surface area contributed by atoms with Gasteiger partial charge in [-0.05, 0) is 38.8 Å². The zero-order valence-corrected chi connectivity index (χ0v) is 12.3. The van der Waals surface area contributed by atoms with Crippen LogP contribution in [0.4, 0.5) is 0 Å². The minimum atomic E-state index is -0.504. The molecule has 114 valence electrons. The van der Waals surface area contributed by atoms with Gasteiger partial charge < -0.3 is 24.3 Å². The van der Waals surface area contributed by atoms with E-state index in [9.17, 15) is 5.11 Å². The molecule has 0 spiro atoms. The molecule has 1 fully saturated rings. The SMILES string of the molecule is CC1(C)CC(NCC(O)COCc2ccco2)CCO1. The molecule has 2 N–H and O–H groups in total. The zero-order valence-electron chi connectivity index (χ0n) is 12.3. The van der Waals surface area contributed by atoms with Crippen LogP contribution in [0.25, 0.3) is 0 Å². The van der Waals surface area contributed by atoms with Crippen LogP contribution in [0.15, 0.2) is 22.8 Å². The maximum absolute atomic E-state index is 9.89. The number of rotatable bonds is 7. The Bertz CT molecular complexity index is 377. The number of hydrogen-bond acceptors (Lipinski definition) is 5. The van der Waals surface area contributed by atoms with Crippen molar-refractivity contribution < 1.29 is 19.0 Å². The first-order valence-electron chi connectivity index (χ1n) is 7.21. The molecule has 0 aliphatic carbocycles. The molecule has 1 aromatic rings. The third kappa shape index (κ3) is 5.25. The smallest absolute Gasteiger partial charge is 0.129 e. The van der Waals surface area contributed by atoms with Crippen LogP contribution in [-0.2, 0) is 16.1 Å². The minimum Gasteiger partial charge on any atom is -0.467 e. The second kappa shape index (κ2) is 7.22. The molecule has 0 saturated carbocycles. The first-order valence-corrected chi connectivity index (χ1v) is 7.21. The number of nitrogens with one attached hydrogen (secondary N) is 1. The van der Waals surface area contributed by atoms with Crippen molar-refractivity contribution in [1.29, 1.82) is 0 Å². The lowest BCUT2D eigenvalue weighted by Gasteiger charge is -2.36. The van der Waals surface area contributed by atoms with Gasteiger partial charge in [0.05, 0.1) is 24.6 Å². The van der Waals surface area contributed by atoms with E-state index in [1.165, 1.54) is 0 Å². The number of ether oxygens (including phenoxy) is 2. The fraction of sp³-hybridized carbons (Fsp3) is 0.733. The molecule has 2 heterocycles. The predicted octanol–water partition coefficient (Wildman–Crippen LogP) is 1.70. The molecule has 1 aromatic heterocycles. The van der Waals surface area contributed by atoms with Crippen molar-refractivity contribution in [2.75, 3.05) is 19.8 Å². The van der Waals surface area contributed by atoms with Gasteiger partial charge in [-0.3, -0.25) is 0 Å². The van der Waals surface area contributed by atoms with E-state index in [0.29, 0.717) is 25.8 Å². The van der Waals surface area contributed by atoms with Crippen LogP contribution >= 0.6 is 0 Å². The first kappa shape index (κ1) is 15.5. The second-order valence-electron chi connectivity index (χ2n) is 5.95. The molecule has 1 saturated heterocycles. The second-order valence-corrected chi connectivity index (χ2v) is 5.95. The van der Waals surface area contributed by atoms with Gasteiger partial charge in [0.15, 0.2) is 0 Å². The highest BCUT2D eigenvalue weighted by molar-refractivity contribution is 4.96. The van der Waals surface area contributed by atoms with E-state index < -0.39 is 6.10 Å². The highest BCUT2D eigenvalue weighted by atomic mass is 16.5. The lowest BCUT2D eigenvalue weighted by Crippen LogP contribution is -2.46. The Labute approximate surface area is 120 Å². The Hall–Kier alpha value is -0.880. The predicted molar refractivity (Wildman–Crippen MR) is 75.4 cm³/mol. The van der Waals surface area contributed by atoms with E-state index in [0.717, 1.165) is 25.2 Å². The third-order valence-electron chi connectivity index (χ3n) is 3.47. The van der Waals surface area contributed by atoms with Crippen LogP contribution in [-0.4, -0.2) is 42.6 Å². The van der Waals surface area contributed by atoms with E-state index in [2.05, 4.69) is 19.2 Å². The number of furan rings is 1. The van der Waals surface area contributed by atoms with Crippen LogP contribution < -0.4 is 5.32 Å². The Morgan fingerprint density at radius 1 is 1.55 bits per heavy atom. The summed E-state index contributed by atoms with van der Waals surface area (Å²) >= 11 is 0. The lowest BCUT2D eigenvalue weighted by molar-refractivity contribution is -0.0648. The molecule has 0 aromatic carbocycles. The summed E-state index contributed by atoms with van der Waals surface area (Å²) in [5, 5.41) is 13.3. The van der Waals surface area contributed by atoms with E-state index in [-0.39, 0.29) is 5.60 Å². The first-order chi connectivity index (χ1) is 9.55. The fourth-order valence-corrected chi connectivity index (χ4v) is 2.46. The molecule has 0 radical (unpaired) electrons.